The van der Waals surface area contributed by atoms with Gasteiger partial charge in [-0.3, -0.25) is 4.99 Å². The highest BCUT2D eigenvalue weighted by molar-refractivity contribution is 9.10. The molecule has 15 heavy (non-hydrogen) atoms. The number of aryl methyl sites for hydroxylation is 1. The quantitative estimate of drug-likeness (QED) is 0.749. The zero-order valence-electron chi connectivity index (χ0n) is 8.27. The van der Waals surface area contributed by atoms with E-state index in [1.54, 1.807) is 6.21 Å². The minimum absolute atomic E-state index is 0.774. The molecule has 76 valence electrons. The molecule has 0 atom stereocenters. The van der Waals surface area contributed by atoms with Crippen molar-refractivity contribution in [1.82, 2.24) is 0 Å². The van der Waals surface area contributed by atoms with Crippen LogP contribution in [0, 0.1) is 6.92 Å². The fraction of sp³-hybridized carbons (Fsp3) is 0.0833. The molecule has 3 heteroatoms. The predicted octanol–water partition coefficient (Wildman–Crippen LogP) is 4.10. The van der Waals surface area contributed by atoms with Gasteiger partial charge in [-0.15, -0.1) is 0 Å². The van der Waals surface area contributed by atoms with Crippen LogP contribution in [0.4, 0.5) is 5.69 Å². The van der Waals surface area contributed by atoms with E-state index in [0.717, 1.165) is 21.7 Å². The van der Waals surface area contributed by atoms with Gasteiger partial charge >= 0.3 is 0 Å². The predicted molar refractivity (Wildman–Crippen MR) is 64.8 cm³/mol. The Morgan fingerprint density at radius 3 is 2.47 bits per heavy atom. The van der Waals surface area contributed by atoms with Gasteiger partial charge in [0, 0.05) is 4.47 Å². The van der Waals surface area contributed by atoms with Gasteiger partial charge in [0.05, 0.1) is 11.9 Å². The van der Waals surface area contributed by atoms with Gasteiger partial charge in [0.1, 0.15) is 11.5 Å². The maximum atomic E-state index is 5.37. The SMILES string of the molecule is Cc1ccc(C=Nc2ccc(Br)cc2)o1. The molecule has 0 aliphatic rings. The Labute approximate surface area is 96.8 Å². The molecule has 1 aromatic heterocycles. The van der Waals surface area contributed by atoms with Crippen LogP contribution < -0.4 is 0 Å². The number of halogens is 1. The zero-order chi connectivity index (χ0) is 10.7. The molecule has 0 aliphatic heterocycles. The highest BCUT2D eigenvalue weighted by atomic mass is 79.9. The molecule has 0 saturated heterocycles. The normalized spacial score (nSPS) is 11.1. The second-order valence-electron chi connectivity index (χ2n) is 3.18. The first-order valence-electron chi connectivity index (χ1n) is 4.60. The summed E-state index contributed by atoms with van der Waals surface area (Å²) in [4.78, 5) is 4.29. The maximum Gasteiger partial charge on any atom is 0.145 e. The minimum atomic E-state index is 0.774. The fourth-order valence-electron chi connectivity index (χ4n) is 1.19. The first-order valence-corrected chi connectivity index (χ1v) is 5.39. The lowest BCUT2D eigenvalue weighted by Crippen LogP contribution is -1.73. The summed E-state index contributed by atoms with van der Waals surface area (Å²) in [5.74, 6) is 1.67. The summed E-state index contributed by atoms with van der Waals surface area (Å²) < 4.78 is 6.42. The Kier molecular flexibility index (Phi) is 3.02. The number of hydrogen-bond acceptors (Lipinski definition) is 2. The summed E-state index contributed by atoms with van der Waals surface area (Å²) in [6.45, 7) is 1.91. The van der Waals surface area contributed by atoms with E-state index in [4.69, 9.17) is 4.42 Å². The van der Waals surface area contributed by atoms with Gasteiger partial charge in [-0.25, -0.2) is 0 Å². The molecule has 0 bridgehead atoms. The Bertz CT molecular complexity index is 471. The van der Waals surface area contributed by atoms with E-state index in [1.165, 1.54) is 0 Å². The average molecular weight is 264 g/mol. The van der Waals surface area contributed by atoms with Crippen LogP contribution in [-0.4, -0.2) is 6.21 Å². The molecule has 0 saturated carbocycles. The molecule has 2 nitrogen and oxygen atoms in total. The summed E-state index contributed by atoms with van der Waals surface area (Å²) in [6.07, 6.45) is 1.72. The topological polar surface area (TPSA) is 25.5 Å². The van der Waals surface area contributed by atoms with E-state index in [0.29, 0.717) is 0 Å². The van der Waals surface area contributed by atoms with E-state index < -0.39 is 0 Å². The Morgan fingerprint density at radius 1 is 1.13 bits per heavy atom. The molecule has 0 amide bonds. The average Bonchev–Trinajstić information content (AvgIpc) is 2.64. The molecule has 1 heterocycles. The Morgan fingerprint density at radius 2 is 1.87 bits per heavy atom. The van der Waals surface area contributed by atoms with Crippen LogP contribution in [0.1, 0.15) is 11.5 Å². The van der Waals surface area contributed by atoms with Gasteiger partial charge < -0.3 is 4.42 Å². The second-order valence-corrected chi connectivity index (χ2v) is 4.10. The van der Waals surface area contributed by atoms with Crippen LogP contribution in [0.2, 0.25) is 0 Å². The molecule has 0 spiro atoms. The smallest absolute Gasteiger partial charge is 0.145 e. The molecular weight excluding hydrogens is 254 g/mol. The third-order valence-electron chi connectivity index (χ3n) is 1.93. The molecule has 0 N–H and O–H groups in total. The fourth-order valence-corrected chi connectivity index (χ4v) is 1.45. The van der Waals surface area contributed by atoms with Crippen molar-refractivity contribution in [3.8, 4) is 0 Å². The lowest BCUT2D eigenvalue weighted by molar-refractivity contribution is 0.528. The van der Waals surface area contributed by atoms with E-state index in [9.17, 15) is 0 Å². The van der Waals surface area contributed by atoms with Crippen LogP contribution >= 0.6 is 15.9 Å². The molecule has 2 rings (SSSR count). The van der Waals surface area contributed by atoms with Gasteiger partial charge in [0.25, 0.3) is 0 Å². The van der Waals surface area contributed by atoms with Crippen molar-refractivity contribution in [3.63, 3.8) is 0 Å². The van der Waals surface area contributed by atoms with E-state index >= 15 is 0 Å². The van der Waals surface area contributed by atoms with Crippen LogP contribution in [0.15, 0.2) is 50.3 Å². The molecule has 1 aromatic carbocycles. The van der Waals surface area contributed by atoms with Gasteiger partial charge in [-0.2, -0.15) is 0 Å². The van der Waals surface area contributed by atoms with Crippen molar-refractivity contribution in [2.75, 3.05) is 0 Å². The molecule has 2 aromatic rings. The standard InChI is InChI=1S/C12H10BrNO/c1-9-2-7-12(15-9)8-14-11-5-3-10(13)4-6-11/h2-8H,1H3. The zero-order valence-corrected chi connectivity index (χ0v) is 9.86. The maximum absolute atomic E-state index is 5.37. The van der Waals surface area contributed by atoms with Gasteiger partial charge in [-0.1, -0.05) is 15.9 Å². The summed E-state index contributed by atoms with van der Waals surface area (Å²) in [5.41, 5.74) is 0.909. The molecule has 0 unspecified atom stereocenters. The second kappa shape index (κ2) is 4.45. The van der Waals surface area contributed by atoms with Crippen molar-refractivity contribution >= 4 is 27.8 Å². The van der Waals surface area contributed by atoms with Crippen molar-refractivity contribution in [1.29, 1.82) is 0 Å². The monoisotopic (exact) mass is 263 g/mol. The number of benzene rings is 1. The number of aliphatic imine (C=N–C) groups is 1. The van der Waals surface area contributed by atoms with Crippen molar-refractivity contribution in [3.05, 3.63) is 52.4 Å². The number of rotatable bonds is 2. The van der Waals surface area contributed by atoms with Crippen molar-refractivity contribution in [2.24, 2.45) is 4.99 Å². The van der Waals surface area contributed by atoms with E-state index in [1.807, 2.05) is 43.3 Å². The van der Waals surface area contributed by atoms with Crippen molar-refractivity contribution < 1.29 is 4.42 Å². The molecule has 0 fully saturated rings. The highest BCUT2D eigenvalue weighted by Crippen LogP contribution is 2.16. The lowest BCUT2D eigenvalue weighted by Gasteiger charge is -1.92. The number of furan rings is 1. The van der Waals surface area contributed by atoms with Crippen LogP contribution in [0.5, 0.6) is 0 Å². The van der Waals surface area contributed by atoms with Gasteiger partial charge in [0.2, 0.25) is 0 Å². The number of nitrogens with zero attached hydrogens (tertiary/aromatic N) is 1. The van der Waals surface area contributed by atoms with Crippen LogP contribution in [0.3, 0.4) is 0 Å². The highest BCUT2D eigenvalue weighted by Gasteiger charge is 1.93. The Hall–Kier alpha value is -1.35. The summed E-state index contributed by atoms with van der Waals surface area (Å²) in [5, 5.41) is 0. The summed E-state index contributed by atoms with van der Waals surface area (Å²) in [6, 6.07) is 11.6. The minimum Gasteiger partial charge on any atom is -0.460 e. The van der Waals surface area contributed by atoms with Crippen molar-refractivity contribution in [2.45, 2.75) is 6.92 Å². The number of hydrogen-bond donors (Lipinski definition) is 0. The Balaban J connectivity index is 2.14. The molecular formula is C12H10BrNO. The largest absolute Gasteiger partial charge is 0.460 e. The van der Waals surface area contributed by atoms with Crippen LogP contribution in [0.25, 0.3) is 0 Å². The molecule has 0 aliphatic carbocycles. The van der Waals surface area contributed by atoms with Gasteiger partial charge in [-0.05, 0) is 43.3 Å². The van der Waals surface area contributed by atoms with E-state index in [-0.39, 0.29) is 0 Å². The third-order valence-corrected chi connectivity index (χ3v) is 2.46. The molecule has 0 radical (unpaired) electrons. The first kappa shape index (κ1) is 10.2. The van der Waals surface area contributed by atoms with Gasteiger partial charge in [0.15, 0.2) is 0 Å². The van der Waals surface area contributed by atoms with Crippen LogP contribution in [-0.2, 0) is 0 Å². The lowest BCUT2D eigenvalue weighted by atomic mass is 10.3. The third kappa shape index (κ3) is 2.80. The summed E-state index contributed by atoms with van der Waals surface area (Å²) in [7, 11) is 0. The first-order chi connectivity index (χ1) is 7.24. The summed E-state index contributed by atoms with van der Waals surface area (Å²) >= 11 is 3.37. The van der Waals surface area contributed by atoms with E-state index in [2.05, 4.69) is 20.9 Å².